The molecular weight excluding hydrogens is 414 g/mol. The zero-order valence-electron chi connectivity index (χ0n) is 15.5. The lowest BCUT2D eigenvalue weighted by Gasteiger charge is -2.11. The van der Waals surface area contributed by atoms with E-state index in [-0.39, 0.29) is 0 Å². The average molecular weight is 439 g/mol. The van der Waals surface area contributed by atoms with E-state index in [0.717, 1.165) is 46.7 Å². The van der Waals surface area contributed by atoms with Crippen LogP contribution >= 0.6 is 27.5 Å². The second-order valence-corrected chi connectivity index (χ2v) is 7.42. The Hall–Kier alpha value is -1.59. The molecule has 0 saturated heterocycles. The standard InChI is InChI=1S/C20H25BrClN3O/c1-4-25(3)14-23-19-13-18(21)20(24-15(19)2)26-12-6-5-7-16-8-10-17(22)11-9-16/h8-11,13-14H,4-7,12H2,1-3H3. The number of aryl methyl sites for hydroxylation is 2. The molecule has 0 unspecified atom stereocenters. The summed E-state index contributed by atoms with van der Waals surface area (Å²) in [5, 5.41) is 0.775. The number of ether oxygens (including phenoxy) is 1. The Kier molecular flexibility index (Phi) is 8.39. The van der Waals surface area contributed by atoms with Gasteiger partial charge in [-0.25, -0.2) is 9.98 Å². The van der Waals surface area contributed by atoms with E-state index < -0.39 is 0 Å². The molecule has 1 aromatic heterocycles. The number of pyridine rings is 1. The van der Waals surface area contributed by atoms with E-state index in [1.165, 1.54) is 5.56 Å². The van der Waals surface area contributed by atoms with E-state index in [1.54, 1.807) is 0 Å². The molecule has 0 aliphatic heterocycles. The van der Waals surface area contributed by atoms with E-state index in [1.807, 2.05) is 43.4 Å². The van der Waals surface area contributed by atoms with Crippen molar-refractivity contribution in [3.05, 3.63) is 51.1 Å². The monoisotopic (exact) mass is 437 g/mol. The fourth-order valence-electron chi connectivity index (χ4n) is 2.27. The number of hydrogen-bond acceptors (Lipinski definition) is 3. The van der Waals surface area contributed by atoms with Gasteiger partial charge in [0.05, 0.1) is 28.8 Å². The third kappa shape index (κ3) is 6.61. The number of hydrogen-bond donors (Lipinski definition) is 0. The van der Waals surface area contributed by atoms with Crippen LogP contribution in [0.3, 0.4) is 0 Å². The molecule has 0 atom stereocenters. The van der Waals surface area contributed by atoms with Gasteiger partial charge < -0.3 is 9.64 Å². The van der Waals surface area contributed by atoms with Crippen LogP contribution in [0.4, 0.5) is 5.69 Å². The highest BCUT2D eigenvalue weighted by Gasteiger charge is 2.08. The number of halogens is 2. The highest BCUT2D eigenvalue weighted by atomic mass is 79.9. The van der Waals surface area contributed by atoms with Gasteiger partial charge in [0.1, 0.15) is 0 Å². The van der Waals surface area contributed by atoms with Crippen LogP contribution in [-0.2, 0) is 6.42 Å². The molecule has 0 fully saturated rings. The summed E-state index contributed by atoms with van der Waals surface area (Å²) in [6.45, 7) is 5.57. The minimum Gasteiger partial charge on any atom is -0.477 e. The lowest BCUT2D eigenvalue weighted by Crippen LogP contribution is -2.14. The SMILES string of the molecule is CCN(C)C=Nc1cc(Br)c(OCCCCc2ccc(Cl)cc2)nc1C. The van der Waals surface area contributed by atoms with Crippen molar-refractivity contribution in [1.82, 2.24) is 9.88 Å². The number of aliphatic imine (C=N–C) groups is 1. The molecule has 0 radical (unpaired) electrons. The van der Waals surface area contributed by atoms with E-state index in [4.69, 9.17) is 16.3 Å². The Bertz CT molecular complexity index is 735. The fraction of sp³-hybridized carbons (Fsp3) is 0.400. The van der Waals surface area contributed by atoms with Crippen LogP contribution < -0.4 is 4.74 Å². The average Bonchev–Trinajstić information content (AvgIpc) is 2.63. The molecule has 1 aromatic carbocycles. The summed E-state index contributed by atoms with van der Waals surface area (Å²) in [5.74, 6) is 0.622. The molecule has 1 heterocycles. The number of unbranched alkanes of at least 4 members (excludes halogenated alkanes) is 1. The Morgan fingerprint density at radius 2 is 2.00 bits per heavy atom. The first-order chi connectivity index (χ1) is 12.5. The summed E-state index contributed by atoms with van der Waals surface area (Å²) in [4.78, 5) is 11.0. The first-order valence-corrected chi connectivity index (χ1v) is 9.95. The minimum absolute atomic E-state index is 0.622. The summed E-state index contributed by atoms with van der Waals surface area (Å²) in [6, 6.07) is 9.95. The van der Waals surface area contributed by atoms with Gasteiger partial charge in [-0.3, -0.25) is 0 Å². The Morgan fingerprint density at radius 1 is 1.27 bits per heavy atom. The third-order valence-corrected chi connectivity index (χ3v) is 4.83. The molecule has 0 bridgehead atoms. The largest absolute Gasteiger partial charge is 0.477 e. The number of nitrogens with zero attached hydrogens (tertiary/aromatic N) is 3. The Labute approximate surface area is 169 Å². The van der Waals surface area contributed by atoms with E-state index >= 15 is 0 Å². The predicted octanol–water partition coefficient (Wildman–Crippen LogP) is 5.82. The maximum Gasteiger partial charge on any atom is 0.228 e. The van der Waals surface area contributed by atoms with Crippen LogP contribution in [0.5, 0.6) is 5.88 Å². The van der Waals surface area contributed by atoms with Gasteiger partial charge >= 0.3 is 0 Å². The normalized spacial score (nSPS) is 11.1. The van der Waals surface area contributed by atoms with Crippen LogP contribution in [0, 0.1) is 6.92 Å². The second-order valence-electron chi connectivity index (χ2n) is 6.13. The first-order valence-electron chi connectivity index (χ1n) is 8.78. The van der Waals surface area contributed by atoms with E-state index in [0.29, 0.717) is 12.5 Å². The molecule has 0 aliphatic rings. The van der Waals surface area contributed by atoms with Gasteiger partial charge in [-0.15, -0.1) is 0 Å². The van der Waals surface area contributed by atoms with Crippen molar-refractivity contribution in [1.29, 1.82) is 0 Å². The molecule has 2 rings (SSSR count). The molecule has 0 saturated carbocycles. The molecule has 26 heavy (non-hydrogen) atoms. The molecule has 4 nitrogen and oxygen atoms in total. The highest BCUT2D eigenvalue weighted by Crippen LogP contribution is 2.29. The maximum atomic E-state index is 5.90. The van der Waals surface area contributed by atoms with Crippen LogP contribution in [-0.4, -0.2) is 36.4 Å². The zero-order chi connectivity index (χ0) is 18.9. The predicted molar refractivity (Wildman–Crippen MR) is 113 cm³/mol. The minimum atomic E-state index is 0.622. The maximum absolute atomic E-state index is 5.90. The van der Waals surface area contributed by atoms with Gasteiger partial charge in [-0.1, -0.05) is 23.7 Å². The van der Waals surface area contributed by atoms with Gasteiger partial charge in [-0.05, 0) is 72.8 Å². The quantitative estimate of drug-likeness (QED) is 0.281. The zero-order valence-corrected chi connectivity index (χ0v) is 17.8. The van der Waals surface area contributed by atoms with Crippen LogP contribution in [0.15, 0.2) is 39.8 Å². The Balaban J connectivity index is 1.82. The fourth-order valence-corrected chi connectivity index (χ4v) is 2.82. The Morgan fingerprint density at radius 3 is 2.69 bits per heavy atom. The van der Waals surface area contributed by atoms with E-state index in [2.05, 4.69) is 45.0 Å². The van der Waals surface area contributed by atoms with Crippen molar-refractivity contribution >= 4 is 39.6 Å². The molecule has 0 aliphatic carbocycles. The third-order valence-electron chi connectivity index (χ3n) is 4.01. The van der Waals surface area contributed by atoms with Gasteiger partial charge in [0, 0.05) is 18.6 Å². The van der Waals surface area contributed by atoms with Gasteiger partial charge in [-0.2, -0.15) is 0 Å². The highest BCUT2D eigenvalue weighted by molar-refractivity contribution is 9.10. The second kappa shape index (κ2) is 10.5. The molecule has 6 heteroatoms. The summed E-state index contributed by atoms with van der Waals surface area (Å²) in [5.41, 5.74) is 2.99. The smallest absolute Gasteiger partial charge is 0.228 e. The molecule has 0 spiro atoms. The van der Waals surface area contributed by atoms with Crippen molar-refractivity contribution in [2.24, 2.45) is 4.99 Å². The lowest BCUT2D eigenvalue weighted by molar-refractivity contribution is 0.293. The van der Waals surface area contributed by atoms with Crippen LogP contribution in [0.1, 0.15) is 31.0 Å². The van der Waals surface area contributed by atoms with Crippen molar-refractivity contribution in [2.75, 3.05) is 20.2 Å². The molecule has 0 amide bonds. The van der Waals surface area contributed by atoms with Crippen molar-refractivity contribution < 1.29 is 4.74 Å². The van der Waals surface area contributed by atoms with Crippen LogP contribution in [0.25, 0.3) is 0 Å². The number of rotatable bonds is 9. The summed E-state index contributed by atoms with van der Waals surface area (Å²) < 4.78 is 6.66. The van der Waals surface area contributed by atoms with Crippen molar-refractivity contribution in [3.63, 3.8) is 0 Å². The van der Waals surface area contributed by atoms with Gasteiger partial charge in [0.15, 0.2) is 0 Å². The molecule has 0 N–H and O–H groups in total. The molecule has 140 valence electrons. The first kappa shape index (κ1) is 20.7. The molecular formula is C20H25BrClN3O. The number of aromatic nitrogens is 1. The van der Waals surface area contributed by atoms with Gasteiger partial charge in [0.2, 0.25) is 5.88 Å². The van der Waals surface area contributed by atoms with E-state index in [9.17, 15) is 0 Å². The van der Waals surface area contributed by atoms with Gasteiger partial charge in [0.25, 0.3) is 0 Å². The summed E-state index contributed by atoms with van der Waals surface area (Å²) in [7, 11) is 1.99. The number of benzene rings is 1. The van der Waals surface area contributed by atoms with Crippen molar-refractivity contribution in [3.8, 4) is 5.88 Å². The summed E-state index contributed by atoms with van der Waals surface area (Å²) >= 11 is 9.43. The summed E-state index contributed by atoms with van der Waals surface area (Å²) in [6.07, 6.45) is 4.86. The lowest BCUT2D eigenvalue weighted by atomic mass is 10.1. The molecule has 2 aromatic rings. The topological polar surface area (TPSA) is 37.7 Å². The van der Waals surface area contributed by atoms with Crippen molar-refractivity contribution in [2.45, 2.75) is 33.1 Å². The van der Waals surface area contributed by atoms with Crippen LogP contribution in [0.2, 0.25) is 5.02 Å².